The Balaban J connectivity index is 1.61. The fourth-order valence-electron chi connectivity index (χ4n) is 2.81. The van der Waals surface area contributed by atoms with Crippen LogP contribution in [0.5, 0.6) is 5.75 Å². The Morgan fingerprint density at radius 3 is 3.10 bits per heavy atom. The summed E-state index contributed by atoms with van der Waals surface area (Å²) in [5, 5.41) is 11.6. The van der Waals surface area contributed by atoms with Crippen LogP contribution in [0.2, 0.25) is 0 Å². The second-order valence-corrected chi connectivity index (χ2v) is 5.49. The van der Waals surface area contributed by atoms with E-state index in [0.29, 0.717) is 6.04 Å². The third-order valence-electron chi connectivity index (χ3n) is 4.07. The summed E-state index contributed by atoms with van der Waals surface area (Å²) in [6.45, 7) is 3.93. The highest BCUT2D eigenvalue weighted by atomic mass is 16.5. The minimum absolute atomic E-state index is 0.379. The normalized spacial score (nSPS) is 14.8. The van der Waals surface area contributed by atoms with Gasteiger partial charge in [-0.1, -0.05) is 19.1 Å². The number of nitrogens with one attached hydrogen (secondary N) is 1. The van der Waals surface area contributed by atoms with E-state index in [9.17, 15) is 0 Å². The molecule has 21 heavy (non-hydrogen) atoms. The van der Waals surface area contributed by atoms with Crippen LogP contribution >= 0.6 is 0 Å². The molecule has 3 rings (SSSR count). The zero-order valence-electron chi connectivity index (χ0n) is 12.7. The third kappa shape index (κ3) is 3.08. The molecule has 0 saturated carbocycles. The van der Waals surface area contributed by atoms with E-state index in [1.165, 1.54) is 11.1 Å². The van der Waals surface area contributed by atoms with Crippen LogP contribution in [-0.2, 0) is 19.9 Å². The lowest BCUT2D eigenvalue weighted by Gasteiger charge is -2.18. The molecule has 112 valence electrons. The maximum atomic E-state index is 5.57. The summed E-state index contributed by atoms with van der Waals surface area (Å²) in [6.07, 6.45) is 4.73. The fraction of sp³-hybridized carbons (Fsp3) is 0.500. The Labute approximate surface area is 125 Å². The number of aryl methyl sites for hydroxylation is 1. The van der Waals surface area contributed by atoms with Gasteiger partial charge >= 0.3 is 0 Å². The topological polar surface area (TPSA) is 52.0 Å². The lowest BCUT2D eigenvalue weighted by molar-refractivity contribution is 0.356. The van der Waals surface area contributed by atoms with Gasteiger partial charge in [-0.05, 0) is 23.6 Å². The first-order valence-electron chi connectivity index (χ1n) is 7.60. The van der Waals surface area contributed by atoms with Gasteiger partial charge in [-0.15, -0.1) is 10.2 Å². The fourth-order valence-corrected chi connectivity index (χ4v) is 2.81. The maximum Gasteiger partial charge on any atom is 0.133 e. The number of nitrogens with zero attached hydrogens (tertiary/aromatic N) is 3. The van der Waals surface area contributed by atoms with Crippen LogP contribution in [0.1, 0.15) is 36.3 Å². The van der Waals surface area contributed by atoms with Crippen molar-refractivity contribution in [1.82, 2.24) is 20.1 Å². The standard InChI is InChI=1S/C16H22N4O/c1-3-14(17-8-6-16-19-18-11-20(16)2)12-4-5-15-13(10-12)7-9-21-15/h4-5,10-11,14,17H,3,6-9H2,1-2H3. The average Bonchev–Trinajstić information content (AvgIpc) is 3.12. The quantitative estimate of drug-likeness (QED) is 0.883. The Morgan fingerprint density at radius 2 is 2.33 bits per heavy atom. The first-order valence-corrected chi connectivity index (χ1v) is 7.60. The zero-order valence-corrected chi connectivity index (χ0v) is 12.7. The number of ether oxygens (including phenoxy) is 1. The molecule has 0 aliphatic carbocycles. The predicted octanol–water partition coefficient (Wildman–Crippen LogP) is 2.03. The van der Waals surface area contributed by atoms with Crippen LogP contribution in [0.4, 0.5) is 0 Å². The summed E-state index contributed by atoms with van der Waals surface area (Å²) in [5.41, 5.74) is 2.68. The van der Waals surface area contributed by atoms with Crippen molar-refractivity contribution in [3.05, 3.63) is 41.5 Å². The zero-order chi connectivity index (χ0) is 14.7. The van der Waals surface area contributed by atoms with E-state index < -0.39 is 0 Å². The van der Waals surface area contributed by atoms with Crippen LogP contribution < -0.4 is 10.1 Å². The van der Waals surface area contributed by atoms with E-state index >= 15 is 0 Å². The van der Waals surface area contributed by atoms with Gasteiger partial charge in [0.05, 0.1) is 6.61 Å². The summed E-state index contributed by atoms with van der Waals surface area (Å²) in [4.78, 5) is 0. The van der Waals surface area contributed by atoms with Crippen molar-refractivity contribution in [2.24, 2.45) is 7.05 Å². The van der Waals surface area contributed by atoms with Crippen molar-refractivity contribution in [3.8, 4) is 5.75 Å². The van der Waals surface area contributed by atoms with E-state index in [1.807, 2.05) is 11.6 Å². The lowest BCUT2D eigenvalue weighted by Crippen LogP contribution is -2.24. The molecule has 0 amide bonds. The third-order valence-corrected chi connectivity index (χ3v) is 4.07. The minimum Gasteiger partial charge on any atom is -0.493 e. The summed E-state index contributed by atoms with van der Waals surface area (Å²) in [6, 6.07) is 6.94. The summed E-state index contributed by atoms with van der Waals surface area (Å²) in [5.74, 6) is 2.06. The van der Waals surface area contributed by atoms with E-state index in [4.69, 9.17) is 4.74 Å². The number of fused-ring (bicyclic) bond motifs is 1. The SMILES string of the molecule is CCC(NCCc1nncn1C)c1ccc2c(c1)CCO2. The largest absolute Gasteiger partial charge is 0.493 e. The second kappa shape index (κ2) is 6.26. The maximum absolute atomic E-state index is 5.57. The average molecular weight is 286 g/mol. The Kier molecular flexibility index (Phi) is 4.20. The first-order chi connectivity index (χ1) is 10.3. The van der Waals surface area contributed by atoms with Gasteiger partial charge in [-0.3, -0.25) is 0 Å². The molecule has 0 saturated heterocycles. The van der Waals surface area contributed by atoms with Gasteiger partial charge in [0, 0.05) is 32.5 Å². The molecule has 1 aliphatic rings. The van der Waals surface area contributed by atoms with E-state index in [1.54, 1.807) is 6.33 Å². The summed E-state index contributed by atoms with van der Waals surface area (Å²) >= 11 is 0. The molecule has 2 heterocycles. The molecule has 2 aromatic rings. The highest BCUT2D eigenvalue weighted by Crippen LogP contribution is 2.29. The van der Waals surface area contributed by atoms with Crippen LogP contribution in [-0.4, -0.2) is 27.9 Å². The van der Waals surface area contributed by atoms with Crippen molar-refractivity contribution >= 4 is 0 Å². The van der Waals surface area contributed by atoms with Gasteiger partial charge in [0.2, 0.25) is 0 Å². The highest BCUT2D eigenvalue weighted by Gasteiger charge is 2.15. The van der Waals surface area contributed by atoms with Gasteiger partial charge in [-0.2, -0.15) is 0 Å². The molecule has 0 fully saturated rings. The van der Waals surface area contributed by atoms with Crippen molar-refractivity contribution < 1.29 is 4.74 Å². The predicted molar refractivity (Wildman–Crippen MR) is 81.4 cm³/mol. The molecule has 0 radical (unpaired) electrons. The first kappa shape index (κ1) is 14.1. The van der Waals surface area contributed by atoms with Gasteiger partial charge < -0.3 is 14.6 Å². The monoisotopic (exact) mass is 286 g/mol. The number of rotatable bonds is 6. The number of hydrogen-bond acceptors (Lipinski definition) is 4. The highest BCUT2D eigenvalue weighted by molar-refractivity contribution is 5.40. The molecule has 1 atom stereocenters. The molecule has 0 bridgehead atoms. The molecule has 0 spiro atoms. The van der Waals surface area contributed by atoms with Gasteiger partial charge in [0.25, 0.3) is 0 Å². The minimum atomic E-state index is 0.379. The van der Waals surface area contributed by atoms with Crippen molar-refractivity contribution in [2.45, 2.75) is 32.2 Å². The molecule has 5 nitrogen and oxygen atoms in total. The van der Waals surface area contributed by atoms with Gasteiger partial charge in [0.15, 0.2) is 0 Å². The summed E-state index contributed by atoms with van der Waals surface area (Å²) in [7, 11) is 1.98. The van der Waals surface area contributed by atoms with Gasteiger partial charge in [0.1, 0.15) is 17.9 Å². The van der Waals surface area contributed by atoms with E-state index in [2.05, 4.69) is 40.6 Å². The van der Waals surface area contributed by atoms with Crippen molar-refractivity contribution in [1.29, 1.82) is 0 Å². The van der Waals surface area contributed by atoms with Crippen LogP contribution in [0.25, 0.3) is 0 Å². The molecular formula is C16H22N4O. The molecule has 1 aromatic carbocycles. The smallest absolute Gasteiger partial charge is 0.133 e. The number of aromatic nitrogens is 3. The molecule has 1 unspecified atom stereocenters. The number of benzene rings is 1. The second-order valence-electron chi connectivity index (χ2n) is 5.49. The van der Waals surface area contributed by atoms with Crippen molar-refractivity contribution in [3.63, 3.8) is 0 Å². The van der Waals surface area contributed by atoms with Crippen LogP contribution in [0.15, 0.2) is 24.5 Å². The molecule has 1 aliphatic heterocycles. The van der Waals surface area contributed by atoms with E-state index in [0.717, 1.165) is 44.0 Å². The molecule has 1 N–H and O–H groups in total. The number of hydrogen-bond donors (Lipinski definition) is 1. The summed E-state index contributed by atoms with van der Waals surface area (Å²) < 4.78 is 7.54. The van der Waals surface area contributed by atoms with E-state index in [-0.39, 0.29) is 0 Å². The molecule has 5 heteroatoms. The molecule has 1 aromatic heterocycles. The van der Waals surface area contributed by atoms with Crippen molar-refractivity contribution in [2.75, 3.05) is 13.2 Å². The Hall–Kier alpha value is -1.88. The van der Waals surface area contributed by atoms with Crippen LogP contribution in [0, 0.1) is 0 Å². The lowest BCUT2D eigenvalue weighted by atomic mass is 10.0. The Bertz CT molecular complexity index is 608. The van der Waals surface area contributed by atoms with Crippen LogP contribution in [0.3, 0.4) is 0 Å². The Morgan fingerprint density at radius 1 is 1.43 bits per heavy atom. The van der Waals surface area contributed by atoms with Gasteiger partial charge in [-0.25, -0.2) is 0 Å². The molecular weight excluding hydrogens is 264 g/mol.